The number of carboxylic acids is 1. The van der Waals surface area contributed by atoms with Crippen molar-refractivity contribution in [3.8, 4) is 0 Å². The van der Waals surface area contributed by atoms with Gasteiger partial charge in [-0.25, -0.2) is 0 Å². The third-order valence-corrected chi connectivity index (χ3v) is 6.77. The second-order valence-corrected chi connectivity index (χ2v) is 10.2. The van der Waals surface area contributed by atoms with E-state index in [2.05, 4.69) is 37.2 Å². The van der Waals surface area contributed by atoms with Crippen LogP contribution in [-0.2, 0) is 44.8 Å². The molecule has 2 rings (SSSR count). The van der Waals surface area contributed by atoms with Crippen molar-refractivity contribution >= 4 is 47.3 Å². The average Bonchev–Trinajstić information content (AvgIpc) is 3.00. The van der Waals surface area contributed by atoms with Gasteiger partial charge in [-0.15, -0.1) is 0 Å². The van der Waals surface area contributed by atoms with Crippen molar-refractivity contribution in [1.29, 1.82) is 0 Å². The van der Waals surface area contributed by atoms with Crippen LogP contribution in [0.4, 0.5) is 0 Å². The van der Waals surface area contributed by atoms with E-state index in [1.165, 1.54) is 0 Å². The first-order valence-corrected chi connectivity index (χ1v) is 14.4. The number of amides is 7. The third-order valence-electron chi connectivity index (χ3n) is 6.77. The summed E-state index contributed by atoms with van der Waals surface area (Å²) in [5.74, 6) is -5.63. The Labute approximate surface area is 259 Å². The van der Waals surface area contributed by atoms with Gasteiger partial charge in [0.05, 0.1) is 13.0 Å². The molecular weight excluding hydrogens is 592 g/mol. The van der Waals surface area contributed by atoms with Crippen LogP contribution in [0.2, 0.25) is 0 Å². The maximum Gasteiger partial charge on any atom is 0.305 e. The van der Waals surface area contributed by atoms with Gasteiger partial charge in [-0.1, -0.05) is 30.3 Å². The Bertz CT molecular complexity index is 1240. The second kappa shape index (κ2) is 18.6. The molecule has 1 aromatic carbocycles. The summed E-state index contributed by atoms with van der Waals surface area (Å²) >= 11 is 0. The molecule has 246 valence electrons. The van der Waals surface area contributed by atoms with E-state index in [4.69, 9.17) is 10.8 Å². The standard InChI is InChI=1S/C28H40N8O9/c29-16-28(26(44)32-11-7-20(37)34-15-23(40)30-13-9-24(41)42)17-35-21(38)6-10-31-25(43)19(14-18-4-2-1-3-5-18)36-22(39)8-12-33-27(28)45/h1-5,19H,6-17,29H2,(H,30,40)(H,31,43)(H,32,44)(H,33,45)(H,34,37)(H,35,38)(H,36,39)(H,41,42)/t19-,28?/m0/s1. The number of carboxylic acid groups (broad SMARTS) is 1. The second-order valence-electron chi connectivity index (χ2n) is 10.2. The summed E-state index contributed by atoms with van der Waals surface area (Å²) in [5.41, 5.74) is 4.68. The van der Waals surface area contributed by atoms with Crippen molar-refractivity contribution in [2.75, 3.05) is 45.8 Å². The van der Waals surface area contributed by atoms with Gasteiger partial charge in [0.2, 0.25) is 41.4 Å². The molecule has 17 nitrogen and oxygen atoms in total. The number of nitrogens with two attached hydrogens (primary N) is 1. The van der Waals surface area contributed by atoms with Gasteiger partial charge in [0, 0.05) is 65.0 Å². The van der Waals surface area contributed by atoms with Crippen LogP contribution >= 0.6 is 0 Å². The third kappa shape index (κ3) is 12.6. The molecule has 0 saturated carbocycles. The zero-order chi connectivity index (χ0) is 33.2. The highest BCUT2D eigenvalue weighted by molar-refractivity contribution is 6.06. The maximum atomic E-state index is 13.3. The minimum Gasteiger partial charge on any atom is -0.481 e. The van der Waals surface area contributed by atoms with Crippen molar-refractivity contribution < 1.29 is 43.5 Å². The molecule has 0 radical (unpaired) electrons. The van der Waals surface area contributed by atoms with E-state index >= 15 is 0 Å². The highest BCUT2D eigenvalue weighted by Gasteiger charge is 2.45. The van der Waals surface area contributed by atoms with Crippen molar-refractivity contribution in [2.24, 2.45) is 11.1 Å². The van der Waals surface area contributed by atoms with Crippen LogP contribution in [0.15, 0.2) is 30.3 Å². The monoisotopic (exact) mass is 632 g/mol. The van der Waals surface area contributed by atoms with Gasteiger partial charge >= 0.3 is 5.97 Å². The molecule has 17 heteroatoms. The Balaban J connectivity index is 2.01. The molecule has 1 aliphatic rings. The summed E-state index contributed by atoms with van der Waals surface area (Å²) in [5, 5.41) is 25.9. The number of hydrogen-bond acceptors (Lipinski definition) is 9. The summed E-state index contributed by atoms with van der Waals surface area (Å²) in [6, 6.07) is 8.09. The van der Waals surface area contributed by atoms with Crippen molar-refractivity contribution in [2.45, 2.75) is 38.1 Å². The van der Waals surface area contributed by atoms with E-state index in [1.54, 1.807) is 24.3 Å². The SMILES string of the molecule is NCC1(C(=O)NCCC(=O)NCC(=O)NCCC(=O)O)CNC(=O)CCNC(=O)[C@H](Cc2ccccc2)NC(=O)CCNC1=O. The number of benzene rings is 1. The molecule has 0 aromatic heterocycles. The first-order valence-electron chi connectivity index (χ1n) is 14.4. The lowest BCUT2D eigenvalue weighted by Gasteiger charge is -2.30. The van der Waals surface area contributed by atoms with Gasteiger partial charge in [0.1, 0.15) is 6.04 Å². The number of hydrogen-bond donors (Lipinski definition) is 9. The van der Waals surface area contributed by atoms with Crippen molar-refractivity contribution in [3.63, 3.8) is 0 Å². The lowest BCUT2D eigenvalue weighted by Crippen LogP contribution is -2.61. The fourth-order valence-corrected chi connectivity index (χ4v) is 4.16. The molecule has 1 fully saturated rings. The summed E-state index contributed by atoms with van der Waals surface area (Å²) < 4.78 is 0. The number of carbonyl (C=O) groups is 8. The smallest absolute Gasteiger partial charge is 0.305 e. The van der Waals surface area contributed by atoms with Gasteiger partial charge in [-0.2, -0.15) is 0 Å². The van der Waals surface area contributed by atoms with E-state index in [9.17, 15) is 38.4 Å². The van der Waals surface area contributed by atoms with E-state index in [0.717, 1.165) is 5.56 Å². The minimum atomic E-state index is -1.99. The van der Waals surface area contributed by atoms with Crippen LogP contribution in [0.1, 0.15) is 31.2 Å². The van der Waals surface area contributed by atoms with Crippen molar-refractivity contribution in [1.82, 2.24) is 37.2 Å². The van der Waals surface area contributed by atoms with Gasteiger partial charge in [-0.05, 0) is 5.56 Å². The Morgan fingerprint density at radius 3 is 2.20 bits per heavy atom. The molecule has 7 amide bonds. The molecule has 1 saturated heterocycles. The number of aliphatic carboxylic acids is 1. The highest BCUT2D eigenvalue weighted by Crippen LogP contribution is 2.16. The van der Waals surface area contributed by atoms with Crippen LogP contribution in [0.3, 0.4) is 0 Å². The topological polar surface area (TPSA) is 267 Å². The first-order chi connectivity index (χ1) is 21.5. The largest absolute Gasteiger partial charge is 0.481 e. The highest BCUT2D eigenvalue weighted by atomic mass is 16.4. The van der Waals surface area contributed by atoms with E-state index in [-0.39, 0.29) is 58.3 Å². The minimum absolute atomic E-state index is 0.0768. The Kier molecular flexibility index (Phi) is 14.9. The number of rotatable bonds is 12. The Morgan fingerprint density at radius 1 is 0.844 bits per heavy atom. The molecule has 1 heterocycles. The molecule has 10 N–H and O–H groups in total. The van der Waals surface area contributed by atoms with Crippen LogP contribution in [0.5, 0.6) is 0 Å². The summed E-state index contributed by atoms with van der Waals surface area (Å²) in [6.07, 6.45) is -0.755. The quantitative estimate of drug-likeness (QED) is 0.101. The molecule has 1 aliphatic heterocycles. The van der Waals surface area contributed by atoms with Gasteiger partial charge < -0.3 is 48.1 Å². The summed E-state index contributed by atoms with van der Waals surface area (Å²) in [7, 11) is 0. The van der Waals surface area contributed by atoms with Gasteiger partial charge in [-0.3, -0.25) is 38.4 Å². The first kappa shape index (κ1) is 36.1. The molecule has 1 aromatic rings. The van der Waals surface area contributed by atoms with Crippen LogP contribution < -0.4 is 43.0 Å². The maximum absolute atomic E-state index is 13.3. The lowest BCUT2D eigenvalue weighted by atomic mass is 9.85. The normalized spacial score (nSPS) is 19.7. The summed E-state index contributed by atoms with van der Waals surface area (Å²) in [4.78, 5) is 98.8. The van der Waals surface area contributed by atoms with Crippen LogP contribution in [0.25, 0.3) is 0 Å². The summed E-state index contributed by atoms with van der Waals surface area (Å²) in [6.45, 7) is -2.07. The predicted octanol–water partition coefficient (Wildman–Crippen LogP) is -3.99. The number of nitrogens with one attached hydrogen (secondary N) is 7. The van der Waals surface area contributed by atoms with E-state index in [0.29, 0.717) is 0 Å². The van der Waals surface area contributed by atoms with E-state index < -0.39 is 78.4 Å². The molecule has 2 atom stereocenters. The molecular formula is C28H40N8O9. The van der Waals surface area contributed by atoms with Gasteiger partial charge in [0.25, 0.3) is 0 Å². The predicted molar refractivity (Wildman–Crippen MR) is 158 cm³/mol. The lowest BCUT2D eigenvalue weighted by molar-refractivity contribution is -0.143. The molecule has 0 bridgehead atoms. The van der Waals surface area contributed by atoms with Crippen LogP contribution in [-0.4, -0.2) is 104 Å². The zero-order valence-electron chi connectivity index (χ0n) is 24.7. The average molecular weight is 633 g/mol. The van der Waals surface area contributed by atoms with E-state index in [1.807, 2.05) is 6.07 Å². The van der Waals surface area contributed by atoms with Crippen LogP contribution in [0, 0.1) is 5.41 Å². The molecule has 1 unspecified atom stereocenters. The molecule has 0 spiro atoms. The van der Waals surface area contributed by atoms with Gasteiger partial charge in [0.15, 0.2) is 5.41 Å². The Hall–Kier alpha value is -5.06. The molecule has 0 aliphatic carbocycles. The zero-order valence-corrected chi connectivity index (χ0v) is 24.7. The Morgan fingerprint density at radius 2 is 1.51 bits per heavy atom. The fraction of sp³-hybridized carbons (Fsp3) is 0.500. The number of carbonyl (C=O) groups excluding carboxylic acids is 7. The fourth-order valence-electron chi connectivity index (χ4n) is 4.16. The molecule has 45 heavy (non-hydrogen) atoms. The van der Waals surface area contributed by atoms with Crippen molar-refractivity contribution in [3.05, 3.63) is 35.9 Å².